The molecule has 0 aliphatic rings. The standard InChI is InChI=1S/C5H5N.ClH.Co/c1-2-4-6-5-3-1;;/h1-5H;1H;/q;;+1/p-1. The molecular weight excluding hydrogens is 168 g/mol. The summed E-state index contributed by atoms with van der Waals surface area (Å²) in [5.41, 5.74) is 0. The van der Waals surface area contributed by atoms with Crippen molar-refractivity contribution in [3.8, 4) is 0 Å². The molecule has 1 aromatic rings. The Hall–Kier alpha value is -0.0535. The molecule has 0 spiro atoms. The van der Waals surface area contributed by atoms with Crippen LogP contribution < -0.4 is 0 Å². The third kappa shape index (κ3) is 4.11. The molecule has 0 atom stereocenters. The Balaban J connectivity index is 0.000000222. The van der Waals surface area contributed by atoms with E-state index in [1.807, 2.05) is 18.2 Å². The minimum absolute atomic E-state index is 1.75. The molecule has 0 N–H and O–H groups in total. The Morgan fingerprint density at radius 3 is 1.62 bits per heavy atom. The summed E-state index contributed by atoms with van der Waals surface area (Å²) < 4.78 is 0. The number of halogens is 1. The van der Waals surface area contributed by atoms with Crippen LogP contribution in [0.15, 0.2) is 30.6 Å². The number of nitrogens with zero attached hydrogens (tertiary/aromatic N) is 1. The molecule has 0 aliphatic carbocycles. The molecule has 3 heteroatoms. The average molecular weight is 173 g/mol. The Morgan fingerprint density at radius 2 is 1.50 bits per heavy atom. The quantitative estimate of drug-likeness (QED) is 0.583. The number of pyridine rings is 1. The molecule has 46 valence electrons. The van der Waals surface area contributed by atoms with Crippen molar-refractivity contribution in [2.45, 2.75) is 0 Å². The zero-order valence-corrected chi connectivity index (χ0v) is 5.84. The summed E-state index contributed by atoms with van der Waals surface area (Å²) in [7, 11) is 4.33. The van der Waals surface area contributed by atoms with Crippen molar-refractivity contribution < 1.29 is 14.8 Å². The van der Waals surface area contributed by atoms with E-state index in [4.69, 9.17) is 0 Å². The molecule has 0 aliphatic heterocycles. The van der Waals surface area contributed by atoms with Crippen molar-refractivity contribution in [3.63, 3.8) is 0 Å². The molecule has 0 saturated carbocycles. The van der Waals surface area contributed by atoms with Gasteiger partial charge in [-0.05, 0) is 12.1 Å². The first-order valence-corrected chi connectivity index (χ1v) is 3.41. The molecule has 0 aromatic carbocycles. The normalized spacial score (nSPS) is 6.88. The monoisotopic (exact) mass is 173 g/mol. The zero-order valence-electron chi connectivity index (χ0n) is 4.05. The third-order valence-electron chi connectivity index (χ3n) is 0.566. The zero-order chi connectivity index (χ0) is 6.24. The maximum Gasteiger partial charge on any atom is 0.0267 e. The molecule has 1 nitrogen and oxygen atoms in total. The van der Waals surface area contributed by atoms with Crippen molar-refractivity contribution in [1.29, 1.82) is 0 Å². The Labute approximate surface area is 60.9 Å². The SMILES string of the molecule is [Cl][Co].c1ccncc1. The van der Waals surface area contributed by atoms with E-state index >= 15 is 0 Å². The fourth-order valence-corrected chi connectivity index (χ4v) is 0.313. The van der Waals surface area contributed by atoms with E-state index in [0.717, 1.165) is 0 Å². The number of aromatic nitrogens is 1. The van der Waals surface area contributed by atoms with Crippen LogP contribution in [-0.4, -0.2) is 4.98 Å². The molecule has 0 unspecified atom stereocenters. The molecule has 0 saturated heterocycles. The van der Waals surface area contributed by atoms with E-state index in [0.29, 0.717) is 0 Å². The van der Waals surface area contributed by atoms with Crippen molar-refractivity contribution in [2.75, 3.05) is 0 Å². The first-order chi connectivity index (χ1) is 4.00. The van der Waals surface area contributed by atoms with Crippen molar-refractivity contribution >= 4 is 10.1 Å². The molecule has 0 radical (unpaired) electrons. The fourth-order valence-electron chi connectivity index (χ4n) is 0.313. The first kappa shape index (κ1) is 7.95. The predicted octanol–water partition coefficient (Wildman–Crippen LogP) is 1.77. The second-order valence-corrected chi connectivity index (χ2v) is 1.02. The van der Waals surface area contributed by atoms with E-state index in [1.54, 1.807) is 12.4 Å². The van der Waals surface area contributed by atoms with Crippen LogP contribution in [0.3, 0.4) is 0 Å². The molecular formula is C5H5ClCoN. The van der Waals surface area contributed by atoms with Crippen LogP contribution in [0.2, 0.25) is 0 Å². The molecule has 1 rings (SSSR count). The summed E-state index contributed by atoms with van der Waals surface area (Å²) in [4.78, 5) is 3.78. The van der Waals surface area contributed by atoms with Gasteiger partial charge in [0.25, 0.3) is 0 Å². The van der Waals surface area contributed by atoms with Gasteiger partial charge in [0.1, 0.15) is 0 Å². The minimum Gasteiger partial charge on any atom is -0.265 e. The molecule has 0 bridgehead atoms. The van der Waals surface area contributed by atoms with Gasteiger partial charge in [0.2, 0.25) is 0 Å². The van der Waals surface area contributed by atoms with Gasteiger partial charge in [-0.25, -0.2) is 0 Å². The summed E-state index contributed by atoms with van der Waals surface area (Å²) >= 11 is 3.03. The van der Waals surface area contributed by atoms with Gasteiger partial charge >= 0.3 is 25.0 Å². The van der Waals surface area contributed by atoms with Crippen LogP contribution in [-0.2, 0) is 14.8 Å². The van der Waals surface area contributed by atoms with Gasteiger partial charge in [0, 0.05) is 12.4 Å². The summed E-state index contributed by atoms with van der Waals surface area (Å²) in [6.07, 6.45) is 3.50. The molecule has 8 heavy (non-hydrogen) atoms. The molecule has 1 aromatic heterocycles. The summed E-state index contributed by atoms with van der Waals surface area (Å²) in [5.74, 6) is 0. The molecule has 0 fully saturated rings. The van der Waals surface area contributed by atoms with E-state index in [9.17, 15) is 0 Å². The Bertz CT molecular complexity index is 84.4. The van der Waals surface area contributed by atoms with Crippen molar-refractivity contribution in [1.82, 2.24) is 4.98 Å². The van der Waals surface area contributed by atoms with Crippen LogP contribution in [0.25, 0.3) is 0 Å². The van der Waals surface area contributed by atoms with E-state index < -0.39 is 0 Å². The van der Waals surface area contributed by atoms with Gasteiger partial charge in [-0.15, -0.1) is 0 Å². The van der Waals surface area contributed by atoms with Crippen LogP contribution in [0, 0.1) is 0 Å². The van der Waals surface area contributed by atoms with E-state index in [2.05, 4.69) is 30.0 Å². The third-order valence-corrected chi connectivity index (χ3v) is 0.566. The van der Waals surface area contributed by atoms with Crippen LogP contribution in [0.5, 0.6) is 0 Å². The molecule has 0 amide bonds. The number of hydrogen-bond donors (Lipinski definition) is 0. The maximum atomic E-state index is 4.33. The van der Waals surface area contributed by atoms with Crippen LogP contribution >= 0.6 is 10.1 Å². The largest absolute Gasteiger partial charge is 0.265 e. The van der Waals surface area contributed by atoms with Gasteiger partial charge in [-0.3, -0.25) is 4.98 Å². The second kappa shape index (κ2) is 6.95. The second-order valence-electron chi connectivity index (χ2n) is 1.02. The van der Waals surface area contributed by atoms with Gasteiger partial charge in [-0.1, -0.05) is 6.07 Å². The van der Waals surface area contributed by atoms with Gasteiger partial charge in [0.05, 0.1) is 0 Å². The van der Waals surface area contributed by atoms with Gasteiger partial charge in [-0.2, -0.15) is 0 Å². The van der Waals surface area contributed by atoms with Crippen LogP contribution in [0.4, 0.5) is 0 Å². The predicted molar refractivity (Wildman–Crippen MR) is 30.1 cm³/mol. The van der Waals surface area contributed by atoms with E-state index in [1.165, 1.54) is 0 Å². The smallest absolute Gasteiger partial charge is 0.0267 e. The van der Waals surface area contributed by atoms with Gasteiger partial charge < -0.3 is 0 Å². The Morgan fingerprint density at radius 1 is 1.00 bits per heavy atom. The first-order valence-electron chi connectivity index (χ1n) is 1.98. The van der Waals surface area contributed by atoms with Crippen molar-refractivity contribution in [3.05, 3.63) is 30.6 Å². The average Bonchev–Trinajstić information content (AvgIpc) is 1.96. The maximum absolute atomic E-state index is 4.33. The Kier molecular flexibility index (Phi) is 6.90. The fraction of sp³-hybridized carbons (Fsp3) is 0. The van der Waals surface area contributed by atoms with E-state index in [-0.39, 0.29) is 0 Å². The minimum atomic E-state index is 1.75. The number of rotatable bonds is 0. The van der Waals surface area contributed by atoms with Crippen molar-refractivity contribution in [2.24, 2.45) is 0 Å². The summed E-state index contributed by atoms with van der Waals surface area (Å²) in [6.45, 7) is 0. The summed E-state index contributed by atoms with van der Waals surface area (Å²) in [5, 5.41) is 0. The van der Waals surface area contributed by atoms with Gasteiger partial charge in [0.15, 0.2) is 0 Å². The topological polar surface area (TPSA) is 12.9 Å². The van der Waals surface area contributed by atoms with Crippen LogP contribution in [0.1, 0.15) is 0 Å². The summed E-state index contributed by atoms with van der Waals surface area (Å²) in [6, 6.07) is 5.72. The number of hydrogen-bond acceptors (Lipinski definition) is 1. The molecule has 1 heterocycles.